The summed E-state index contributed by atoms with van der Waals surface area (Å²) in [5.74, 6) is 9.45. The van der Waals surface area contributed by atoms with Gasteiger partial charge in [0.05, 0.1) is 17.5 Å². The molecule has 120 valence electrons. The van der Waals surface area contributed by atoms with Crippen molar-refractivity contribution in [2.75, 3.05) is 0 Å². The molecule has 0 aromatic heterocycles. The third kappa shape index (κ3) is 5.58. The highest BCUT2D eigenvalue weighted by molar-refractivity contribution is 6.83. The van der Waals surface area contributed by atoms with Crippen LogP contribution in [0.1, 0.15) is 22.3 Å². The fourth-order valence-electron chi connectivity index (χ4n) is 2.22. The van der Waals surface area contributed by atoms with Gasteiger partial charge in [0, 0.05) is 5.56 Å². The first-order valence-corrected chi connectivity index (χ1v) is 11.6. The zero-order chi connectivity index (χ0) is 17.6. The van der Waals surface area contributed by atoms with E-state index in [0.29, 0.717) is 0 Å². The van der Waals surface area contributed by atoms with Gasteiger partial charge < -0.3 is 0 Å². The molecular weight excluding hydrogens is 306 g/mol. The minimum atomic E-state index is -1.42. The molecular formula is C22H23NSi. The van der Waals surface area contributed by atoms with E-state index >= 15 is 0 Å². The first-order chi connectivity index (χ1) is 11.3. The molecule has 0 amide bonds. The summed E-state index contributed by atoms with van der Waals surface area (Å²) in [5.41, 5.74) is 8.68. The zero-order valence-corrected chi connectivity index (χ0v) is 16.1. The molecule has 2 aromatic carbocycles. The van der Waals surface area contributed by atoms with Crippen molar-refractivity contribution in [3.05, 3.63) is 64.7 Å². The van der Waals surface area contributed by atoms with Crippen LogP contribution in [0.4, 0.5) is 5.69 Å². The maximum Gasteiger partial charge on any atom is 0.129 e. The number of hydrogen-bond donors (Lipinski definition) is 0. The van der Waals surface area contributed by atoms with E-state index in [2.05, 4.69) is 73.9 Å². The van der Waals surface area contributed by atoms with Crippen LogP contribution in [-0.2, 0) is 0 Å². The van der Waals surface area contributed by atoms with Crippen molar-refractivity contribution in [2.24, 2.45) is 4.99 Å². The average molecular weight is 330 g/mol. The Bertz CT molecular complexity index is 864. The van der Waals surface area contributed by atoms with Crippen LogP contribution in [0.5, 0.6) is 0 Å². The second-order valence-electron chi connectivity index (χ2n) is 6.87. The number of aliphatic imine (C=N–C) groups is 1. The van der Waals surface area contributed by atoms with Gasteiger partial charge in [-0.3, -0.25) is 0 Å². The predicted octanol–water partition coefficient (Wildman–Crippen LogP) is 5.29. The van der Waals surface area contributed by atoms with Crippen LogP contribution < -0.4 is 0 Å². The molecule has 0 radical (unpaired) electrons. The lowest BCUT2D eigenvalue weighted by molar-refractivity contribution is 1.34. The summed E-state index contributed by atoms with van der Waals surface area (Å²) in [7, 11) is -1.42. The normalized spacial score (nSPS) is 10.7. The second kappa shape index (κ2) is 7.82. The Labute approximate surface area is 146 Å². The van der Waals surface area contributed by atoms with Crippen molar-refractivity contribution in [1.29, 1.82) is 0 Å². The van der Waals surface area contributed by atoms with Crippen molar-refractivity contribution in [3.63, 3.8) is 0 Å². The van der Waals surface area contributed by atoms with Crippen molar-refractivity contribution < 1.29 is 0 Å². The van der Waals surface area contributed by atoms with Gasteiger partial charge >= 0.3 is 0 Å². The van der Waals surface area contributed by atoms with Crippen LogP contribution in [0, 0.1) is 37.2 Å². The lowest BCUT2D eigenvalue weighted by Gasteiger charge is -2.07. The molecule has 0 N–H and O–H groups in total. The van der Waals surface area contributed by atoms with Gasteiger partial charge in [0.15, 0.2) is 0 Å². The van der Waals surface area contributed by atoms with E-state index in [0.717, 1.165) is 22.4 Å². The SMILES string of the molecule is Cc1cc(C)c(N=CC#Cc2ccccc2)c(C#C[Si](C)(C)C)c1. The zero-order valence-electron chi connectivity index (χ0n) is 15.1. The molecule has 0 fully saturated rings. The number of aryl methyl sites for hydroxylation is 2. The lowest BCUT2D eigenvalue weighted by atomic mass is 10.0. The molecule has 0 aliphatic heterocycles. The highest BCUT2D eigenvalue weighted by Gasteiger charge is 2.09. The molecule has 2 heteroatoms. The predicted molar refractivity (Wildman–Crippen MR) is 108 cm³/mol. The van der Waals surface area contributed by atoms with Crippen molar-refractivity contribution in [1.82, 2.24) is 0 Å². The van der Waals surface area contributed by atoms with Gasteiger partial charge in [-0.25, -0.2) is 4.99 Å². The number of hydrogen-bond acceptors (Lipinski definition) is 1. The molecule has 1 nitrogen and oxygen atoms in total. The molecule has 0 bridgehead atoms. The Morgan fingerprint density at radius 2 is 1.67 bits per heavy atom. The highest BCUT2D eigenvalue weighted by atomic mass is 28.3. The number of rotatable bonds is 1. The van der Waals surface area contributed by atoms with Crippen molar-refractivity contribution >= 4 is 20.0 Å². The molecule has 2 aromatic rings. The summed E-state index contributed by atoms with van der Waals surface area (Å²) in [5, 5.41) is 0. The molecule has 0 aliphatic carbocycles. The molecule has 0 unspecified atom stereocenters. The summed E-state index contributed by atoms with van der Waals surface area (Å²) < 4.78 is 0. The molecule has 0 aliphatic rings. The van der Waals surface area contributed by atoms with Gasteiger partial charge in [-0.15, -0.1) is 5.54 Å². The van der Waals surface area contributed by atoms with Gasteiger partial charge in [0.1, 0.15) is 8.07 Å². The molecule has 0 saturated carbocycles. The Morgan fingerprint density at radius 1 is 0.958 bits per heavy atom. The minimum Gasteiger partial charge on any atom is -0.246 e. The van der Waals surface area contributed by atoms with Crippen LogP contribution in [0.3, 0.4) is 0 Å². The topological polar surface area (TPSA) is 12.4 Å². The van der Waals surface area contributed by atoms with E-state index in [-0.39, 0.29) is 0 Å². The van der Waals surface area contributed by atoms with Gasteiger partial charge in [0.2, 0.25) is 0 Å². The number of nitrogens with zero attached hydrogens (tertiary/aromatic N) is 1. The van der Waals surface area contributed by atoms with Crippen LogP contribution in [0.15, 0.2) is 47.5 Å². The van der Waals surface area contributed by atoms with E-state index in [1.807, 2.05) is 30.3 Å². The summed E-state index contributed by atoms with van der Waals surface area (Å²) in [6.45, 7) is 10.9. The van der Waals surface area contributed by atoms with Crippen LogP contribution in [0.25, 0.3) is 0 Å². The fraction of sp³-hybridized carbons (Fsp3) is 0.227. The molecule has 2 rings (SSSR count). The Hall–Kier alpha value is -2.55. The van der Waals surface area contributed by atoms with E-state index in [4.69, 9.17) is 0 Å². The van der Waals surface area contributed by atoms with Crippen molar-refractivity contribution in [3.8, 4) is 23.3 Å². The molecule has 0 spiro atoms. The monoisotopic (exact) mass is 329 g/mol. The third-order valence-electron chi connectivity index (χ3n) is 3.27. The van der Waals surface area contributed by atoms with E-state index in [1.165, 1.54) is 5.56 Å². The highest BCUT2D eigenvalue weighted by Crippen LogP contribution is 2.25. The van der Waals surface area contributed by atoms with E-state index in [1.54, 1.807) is 6.21 Å². The van der Waals surface area contributed by atoms with Gasteiger partial charge in [-0.1, -0.05) is 55.7 Å². The molecule has 24 heavy (non-hydrogen) atoms. The van der Waals surface area contributed by atoms with Crippen LogP contribution in [-0.4, -0.2) is 14.3 Å². The number of benzene rings is 2. The summed E-state index contributed by atoms with van der Waals surface area (Å²) in [6, 6.07) is 14.2. The van der Waals surface area contributed by atoms with Gasteiger partial charge in [0.25, 0.3) is 0 Å². The summed E-state index contributed by atoms with van der Waals surface area (Å²) in [6.07, 6.45) is 1.67. The third-order valence-corrected chi connectivity index (χ3v) is 4.14. The van der Waals surface area contributed by atoms with E-state index < -0.39 is 8.07 Å². The fourth-order valence-corrected chi connectivity index (χ4v) is 2.73. The first-order valence-electron chi connectivity index (χ1n) is 8.09. The van der Waals surface area contributed by atoms with Crippen LogP contribution in [0.2, 0.25) is 19.6 Å². The Kier molecular flexibility index (Phi) is 5.80. The minimum absolute atomic E-state index is 0.925. The van der Waals surface area contributed by atoms with Gasteiger partial charge in [-0.05, 0) is 49.1 Å². The van der Waals surface area contributed by atoms with Crippen molar-refractivity contribution in [2.45, 2.75) is 33.5 Å². The summed E-state index contributed by atoms with van der Waals surface area (Å²) in [4.78, 5) is 4.58. The Morgan fingerprint density at radius 3 is 2.33 bits per heavy atom. The maximum atomic E-state index is 4.58. The lowest BCUT2D eigenvalue weighted by Crippen LogP contribution is -2.16. The molecule has 0 atom stereocenters. The Balaban J connectivity index is 2.34. The largest absolute Gasteiger partial charge is 0.246 e. The quantitative estimate of drug-likeness (QED) is 0.383. The van der Waals surface area contributed by atoms with Crippen LogP contribution >= 0.6 is 0 Å². The van der Waals surface area contributed by atoms with Gasteiger partial charge in [-0.2, -0.15) is 0 Å². The first kappa shape index (κ1) is 17.8. The summed E-state index contributed by atoms with van der Waals surface area (Å²) >= 11 is 0. The molecule has 0 saturated heterocycles. The average Bonchev–Trinajstić information content (AvgIpc) is 2.51. The maximum absolute atomic E-state index is 4.58. The van der Waals surface area contributed by atoms with E-state index in [9.17, 15) is 0 Å². The molecule has 0 heterocycles. The standard InChI is InChI=1S/C22H23NSi/c1-18-16-19(2)22(21(17-18)13-15-24(3,4)5)23-14-9-12-20-10-7-6-8-11-20/h6-8,10-11,14,16-17H,1-5H3. The second-order valence-corrected chi connectivity index (χ2v) is 11.6. The smallest absolute Gasteiger partial charge is 0.129 e.